The second-order valence-corrected chi connectivity index (χ2v) is 9.51. The van der Waals surface area contributed by atoms with Gasteiger partial charge in [-0.3, -0.25) is 23.4 Å². The number of aromatic nitrogens is 2. The number of aliphatic hydroxyl groups is 2. The lowest BCUT2D eigenvalue weighted by Crippen LogP contribution is -2.43. The summed E-state index contributed by atoms with van der Waals surface area (Å²) in [6, 6.07) is 3.57. The van der Waals surface area contributed by atoms with E-state index < -0.39 is 50.1 Å². The molecule has 5 atom stereocenters. The number of rotatable bonds is 4. The van der Waals surface area contributed by atoms with Crippen LogP contribution in [0.5, 0.6) is 5.75 Å². The van der Waals surface area contributed by atoms with Gasteiger partial charge in [0.2, 0.25) is 5.82 Å². The van der Waals surface area contributed by atoms with Crippen molar-refractivity contribution in [3.63, 3.8) is 0 Å². The van der Waals surface area contributed by atoms with Gasteiger partial charge in [-0.05, 0) is 31.6 Å². The third-order valence-electron chi connectivity index (χ3n) is 5.07. The summed E-state index contributed by atoms with van der Waals surface area (Å²) in [5, 5.41) is 20.4. The predicted molar refractivity (Wildman–Crippen MR) is 107 cm³/mol. The number of benzene rings is 1. The van der Waals surface area contributed by atoms with E-state index in [-0.39, 0.29) is 17.1 Å². The van der Waals surface area contributed by atoms with Crippen molar-refractivity contribution in [2.45, 2.75) is 44.7 Å². The van der Waals surface area contributed by atoms with Crippen molar-refractivity contribution in [1.82, 2.24) is 9.55 Å². The smallest absolute Gasteiger partial charge is 0.403 e. The second-order valence-electron chi connectivity index (χ2n) is 7.53. The number of aliphatic hydroxyl groups excluding tert-OH is 2. The van der Waals surface area contributed by atoms with Gasteiger partial charge in [0.25, 0.3) is 11.4 Å². The highest BCUT2D eigenvalue weighted by molar-refractivity contribution is 7.71. The summed E-state index contributed by atoms with van der Waals surface area (Å²) in [4.78, 5) is 13.3. The fourth-order valence-electron chi connectivity index (χ4n) is 3.54. The van der Waals surface area contributed by atoms with Gasteiger partial charge < -0.3 is 19.5 Å². The molecule has 1 unspecified atom stereocenters. The fourth-order valence-corrected chi connectivity index (χ4v) is 5.08. The molecule has 0 bridgehead atoms. The predicted octanol–water partition coefficient (Wildman–Crippen LogP) is 2.31. The number of nitrogens with zero attached hydrogens (tertiary/aromatic N) is 1. The van der Waals surface area contributed by atoms with Gasteiger partial charge >= 0.3 is 7.82 Å². The lowest BCUT2D eigenvalue weighted by atomic mass is 10.1. The maximum Gasteiger partial charge on any atom is 0.530 e. The molecule has 0 aliphatic carbocycles. The molecule has 3 N–H and O–H groups in total. The van der Waals surface area contributed by atoms with Crippen molar-refractivity contribution in [2.24, 2.45) is 0 Å². The number of hydrogen-bond acceptors (Lipinski definition) is 9. The number of fused-ring (bicyclic) bond motifs is 1. The summed E-state index contributed by atoms with van der Waals surface area (Å²) in [5.41, 5.74) is 1.12. The Bertz CT molecular complexity index is 1240. The highest BCUT2D eigenvalue weighted by Crippen LogP contribution is 2.56. The zero-order valence-electron chi connectivity index (χ0n) is 16.8. The van der Waals surface area contributed by atoms with Crippen LogP contribution in [-0.4, -0.2) is 44.4 Å². The maximum absolute atomic E-state index is 15.4. The lowest BCUT2D eigenvalue weighted by molar-refractivity contribution is -0.205. The van der Waals surface area contributed by atoms with Crippen molar-refractivity contribution in [1.29, 1.82) is 0 Å². The van der Waals surface area contributed by atoms with Crippen LogP contribution in [0.1, 0.15) is 22.9 Å². The van der Waals surface area contributed by atoms with Gasteiger partial charge in [0.1, 0.15) is 24.6 Å². The highest BCUT2D eigenvalue weighted by Gasteiger charge is 2.57. The number of alkyl halides is 1. The minimum Gasteiger partial charge on any atom is -0.403 e. The van der Waals surface area contributed by atoms with Crippen LogP contribution in [0, 0.1) is 24.4 Å². The van der Waals surface area contributed by atoms with Gasteiger partial charge in [0.05, 0.1) is 12.8 Å². The van der Waals surface area contributed by atoms with Crippen LogP contribution in [0.3, 0.4) is 0 Å². The number of aromatic amines is 1. The van der Waals surface area contributed by atoms with Crippen LogP contribution in [0.25, 0.3) is 0 Å². The molecule has 1 fully saturated rings. The van der Waals surface area contributed by atoms with E-state index in [1.165, 1.54) is 0 Å². The Balaban J connectivity index is 1.53. The summed E-state index contributed by atoms with van der Waals surface area (Å²) in [6.45, 7) is 2.33. The van der Waals surface area contributed by atoms with Crippen LogP contribution in [0.15, 0.2) is 23.1 Å². The standard InChI is InChI=1S/C18H19F2N2O8PS/c1-8-3-9(2)13-10(4-8)6-27-31(26,30-13)28-7-18(20)14(24)12(23)16(29-18)22-5-11(19)15(25)21-17(22)32/h3-5,12,14,16,23-24H,6-7H2,1-2H3,(H,21,25,32)/t12-,14+,16-,18-,31?/m1/s1. The number of aryl methyl sites for hydroxylation is 2. The van der Waals surface area contributed by atoms with Crippen LogP contribution in [0.2, 0.25) is 0 Å². The van der Waals surface area contributed by atoms with Crippen LogP contribution >= 0.6 is 20.0 Å². The average molecular weight is 492 g/mol. The van der Waals surface area contributed by atoms with E-state index >= 15 is 4.39 Å². The molecule has 2 aliphatic heterocycles. The number of ether oxygens (including phenoxy) is 1. The quantitative estimate of drug-likeness (QED) is 0.435. The summed E-state index contributed by atoms with van der Waals surface area (Å²) < 4.78 is 62.9. The minimum atomic E-state index is -4.29. The Hall–Kier alpha value is -1.99. The first-order chi connectivity index (χ1) is 14.9. The molecule has 4 rings (SSSR count). The van der Waals surface area contributed by atoms with E-state index in [1.807, 2.05) is 11.9 Å². The molecule has 2 aromatic rings. The van der Waals surface area contributed by atoms with E-state index in [0.29, 0.717) is 17.3 Å². The van der Waals surface area contributed by atoms with Crippen molar-refractivity contribution in [3.8, 4) is 5.75 Å². The topological polar surface area (TPSA) is 132 Å². The number of hydrogen-bond donors (Lipinski definition) is 3. The van der Waals surface area contributed by atoms with Gasteiger partial charge in [-0.2, -0.15) is 4.39 Å². The Morgan fingerprint density at radius 2 is 2.12 bits per heavy atom. The van der Waals surface area contributed by atoms with E-state index in [0.717, 1.165) is 10.1 Å². The van der Waals surface area contributed by atoms with Gasteiger partial charge in [-0.1, -0.05) is 17.7 Å². The van der Waals surface area contributed by atoms with E-state index in [2.05, 4.69) is 0 Å². The average Bonchev–Trinajstić information content (AvgIpc) is 2.95. The number of H-pyrrole nitrogens is 1. The molecule has 2 aliphatic rings. The zero-order valence-corrected chi connectivity index (χ0v) is 18.5. The molecule has 0 radical (unpaired) electrons. The molecule has 10 nitrogen and oxygen atoms in total. The van der Waals surface area contributed by atoms with Gasteiger partial charge in [-0.25, -0.2) is 8.96 Å². The summed E-state index contributed by atoms with van der Waals surface area (Å²) >= 11 is 4.88. The van der Waals surface area contributed by atoms with Crippen LogP contribution < -0.4 is 10.1 Å². The van der Waals surface area contributed by atoms with Crippen molar-refractivity contribution in [2.75, 3.05) is 6.61 Å². The molecule has 3 heterocycles. The molecular formula is C18H19F2N2O8PS. The van der Waals surface area contributed by atoms with Gasteiger partial charge in [-0.15, -0.1) is 0 Å². The molecule has 0 spiro atoms. The van der Waals surface area contributed by atoms with Crippen molar-refractivity contribution >= 4 is 20.0 Å². The molecule has 0 saturated carbocycles. The number of nitrogens with one attached hydrogen (secondary N) is 1. The minimum absolute atomic E-state index is 0.116. The van der Waals surface area contributed by atoms with Crippen molar-refractivity contribution < 1.29 is 41.9 Å². The molecule has 14 heteroatoms. The van der Waals surface area contributed by atoms with Crippen molar-refractivity contribution in [3.05, 3.63) is 56.0 Å². The first-order valence-corrected chi connectivity index (χ1v) is 11.2. The summed E-state index contributed by atoms with van der Waals surface area (Å²) in [7, 11) is -4.29. The summed E-state index contributed by atoms with van der Waals surface area (Å²) in [5.74, 6) is -4.08. The maximum atomic E-state index is 15.4. The number of halogens is 2. The van der Waals surface area contributed by atoms with E-state index in [4.69, 9.17) is 30.5 Å². The lowest BCUT2D eigenvalue weighted by Gasteiger charge is -2.29. The number of phosphoric acid groups is 1. The van der Waals surface area contributed by atoms with E-state index in [9.17, 15) is 24.0 Å². The first-order valence-electron chi connectivity index (χ1n) is 9.35. The van der Waals surface area contributed by atoms with Gasteiger partial charge in [0, 0.05) is 5.56 Å². The summed E-state index contributed by atoms with van der Waals surface area (Å²) in [6.07, 6.45) is -5.23. The second kappa shape index (κ2) is 8.10. The highest BCUT2D eigenvalue weighted by atomic mass is 32.1. The molecular weight excluding hydrogens is 473 g/mol. The molecule has 1 aromatic carbocycles. The van der Waals surface area contributed by atoms with E-state index in [1.54, 1.807) is 19.1 Å². The SMILES string of the molecule is Cc1cc(C)c2c(c1)COP(=O)(OC[C@@]1(F)O[C@@H](n3cc(F)c(=O)[nH]c3=S)[C@H](O)[C@@H]1O)O2. The van der Waals surface area contributed by atoms with Crippen LogP contribution in [-0.2, 0) is 25.0 Å². The van der Waals surface area contributed by atoms with Crippen LogP contribution in [0.4, 0.5) is 8.78 Å². The molecule has 32 heavy (non-hydrogen) atoms. The Labute approximate surface area is 184 Å². The molecule has 174 valence electrons. The fraction of sp³-hybridized carbons (Fsp3) is 0.444. The van der Waals surface area contributed by atoms with Gasteiger partial charge in [0.15, 0.2) is 11.0 Å². The Kier molecular flexibility index (Phi) is 5.87. The molecule has 1 aromatic heterocycles. The Morgan fingerprint density at radius 3 is 2.84 bits per heavy atom. The Morgan fingerprint density at radius 1 is 1.41 bits per heavy atom. The normalized spacial score (nSPS) is 31.9. The zero-order chi connectivity index (χ0) is 23.4. The number of phosphoric ester groups is 1. The third kappa shape index (κ3) is 4.05. The third-order valence-corrected chi connectivity index (χ3v) is 6.68. The molecule has 1 saturated heterocycles. The largest absolute Gasteiger partial charge is 0.530 e. The molecule has 0 amide bonds. The first kappa shape index (κ1) is 23.2. The monoisotopic (exact) mass is 492 g/mol.